The molecule has 1 fully saturated rings. The molecule has 0 bridgehead atoms. The fraction of sp³-hybridized carbons (Fsp3) is 0.786. The first kappa shape index (κ1) is 15.0. The highest BCUT2D eigenvalue weighted by Gasteiger charge is 2.44. The lowest BCUT2D eigenvalue weighted by Crippen LogP contribution is -2.43. The van der Waals surface area contributed by atoms with E-state index in [1.165, 1.54) is 12.8 Å². The molecule has 0 aromatic heterocycles. The normalized spacial score (nSPS) is 22.2. The molecule has 0 amide bonds. The predicted octanol–water partition coefficient (Wildman–Crippen LogP) is 4.27. The van der Waals surface area contributed by atoms with E-state index in [1.54, 1.807) is 6.08 Å². The number of rotatable bonds is 5. The number of alkyl halides is 1. The van der Waals surface area contributed by atoms with Crippen LogP contribution in [0.1, 0.15) is 52.9 Å². The van der Waals surface area contributed by atoms with Crippen LogP contribution in [0.4, 0.5) is 0 Å². The lowest BCUT2D eigenvalue weighted by molar-refractivity contribution is -0.165. The summed E-state index contributed by atoms with van der Waals surface area (Å²) in [7, 11) is 0. The Labute approximate surface area is 118 Å². The molecule has 1 saturated carbocycles. The van der Waals surface area contributed by atoms with Crippen molar-refractivity contribution in [3.8, 4) is 0 Å². The number of carbonyl (C=O) groups is 1. The number of ether oxygens (including phenoxy) is 1. The van der Waals surface area contributed by atoms with Crippen LogP contribution in [0.15, 0.2) is 12.7 Å². The molecular weight excluding hydrogens is 327 g/mol. The van der Waals surface area contributed by atoms with Gasteiger partial charge in [-0.3, -0.25) is 4.79 Å². The summed E-state index contributed by atoms with van der Waals surface area (Å²) in [4.78, 5) is 12.3. The quantitative estimate of drug-likeness (QED) is 0.320. The van der Waals surface area contributed by atoms with Gasteiger partial charge in [-0.15, -0.1) is 6.58 Å². The Hall–Kier alpha value is -0.0600. The van der Waals surface area contributed by atoms with Crippen LogP contribution in [0.2, 0.25) is 0 Å². The van der Waals surface area contributed by atoms with Crippen molar-refractivity contribution in [2.45, 2.75) is 61.9 Å². The summed E-state index contributed by atoms with van der Waals surface area (Å²) < 4.78 is 5.32. The molecule has 98 valence electrons. The van der Waals surface area contributed by atoms with Crippen LogP contribution in [0.5, 0.6) is 0 Å². The highest BCUT2D eigenvalue weighted by molar-refractivity contribution is 14.1. The summed E-state index contributed by atoms with van der Waals surface area (Å²) in [6, 6.07) is 0. The Balaban J connectivity index is 2.81. The number of hydrogen-bond donors (Lipinski definition) is 0. The Kier molecular flexibility index (Phi) is 5.05. The second kappa shape index (κ2) is 5.72. The molecule has 0 radical (unpaired) electrons. The van der Waals surface area contributed by atoms with Gasteiger partial charge in [0.25, 0.3) is 0 Å². The highest BCUT2D eigenvalue weighted by Crippen LogP contribution is 2.41. The highest BCUT2D eigenvalue weighted by atomic mass is 127. The van der Waals surface area contributed by atoms with Crippen LogP contribution in [-0.2, 0) is 9.53 Å². The number of hydrogen-bond acceptors (Lipinski definition) is 2. The van der Waals surface area contributed by atoms with Gasteiger partial charge in [-0.1, -0.05) is 49.4 Å². The minimum Gasteiger partial charge on any atom is -0.458 e. The second-order valence-electron chi connectivity index (χ2n) is 5.24. The smallest absolute Gasteiger partial charge is 0.326 e. The van der Waals surface area contributed by atoms with Crippen LogP contribution in [0.25, 0.3) is 0 Å². The van der Waals surface area contributed by atoms with Crippen molar-refractivity contribution in [3.63, 3.8) is 0 Å². The first-order chi connectivity index (χ1) is 7.90. The molecule has 1 aliphatic carbocycles. The summed E-state index contributed by atoms with van der Waals surface area (Å²) in [5.74, 6) is 0.266. The molecule has 1 unspecified atom stereocenters. The van der Waals surface area contributed by atoms with E-state index in [2.05, 4.69) is 43.0 Å². The van der Waals surface area contributed by atoms with Gasteiger partial charge in [-0.05, 0) is 38.0 Å². The second-order valence-corrected chi connectivity index (χ2v) is 7.16. The molecule has 0 N–H and O–H groups in total. The Morgan fingerprint density at radius 1 is 1.53 bits per heavy atom. The van der Waals surface area contributed by atoms with Crippen molar-refractivity contribution in [1.82, 2.24) is 0 Å². The Morgan fingerprint density at radius 3 is 2.41 bits per heavy atom. The van der Waals surface area contributed by atoms with Crippen molar-refractivity contribution in [2.75, 3.05) is 0 Å². The molecule has 0 heterocycles. The molecule has 0 spiro atoms. The van der Waals surface area contributed by atoms with Gasteiger partial charge in [0.2, 0.25) is 0 Å². The first-order valence-corrected chi connectivity index (χ1v) is 7.54. The van der Waals surface area contributed by atoms with Gasteiger partial charge < -0.3 is 4.74 Å². The van der Waals surface area contributed by atoms with E-state index < -0.39 is 3.42 Å². The van der Waals surface area contributed by atoms with E-state index in [1.807, 2.05) is 6.92 Å². The molecule has 17 heavy (non-hydrogen) atoms. The van der Waals surface area contributed by atoms with E-state index >= 15 is 0 Å². The molecule has 1 atom stereocenters. The maximum atomic E-state index is 12.3. The third-order valence-corrected chi connectivity index (χ3v) is 5.62. The van der Waals surface area contributed by atoms with Crippen molar-refractivity contribution < 1.29 is 9.53 Å². The van der Waals surface area contributed by atoms with E-state index in [0.29, 0.717) is 5.92 Å². The third kappa shape index (κ3) is 3.04. The maximum absolute atomic E-state index is 12.3. The molecule has 3 heteroatoms. The fourth-order valence-corrected chi connectivity index (χ4v) is 2.52. The molecule has 0 aromatic rings. The zero-order chi connectivity index (χ0) is 13.1. The maximum Gasteiger partial charge on any atom is 0.326 e. The molecule has 0 aromatic carbocycles. The van der Waals surface area contributed by atoms with E-state index in [-0.39, 0.29) is 11.6 Å². The topological polar surface area (TPSA) is 26.3 Å². The van der Waals surface area contributed by atoms with E-state index in [9.17, 15) is 4.79 Å². The van der Waals surface area contributed by atoms with Crippen LogP contribution in [0.3, 0.4) is 0 Å². The van der Waals surface area contributed by atoms with Gasteiger partial charge in [0.1, 0.15) is 9.02 Å². The summed E-state index contributed by atoms with van der Waals surface area (Å²) >= 11 is 2.15. The largest absolute Gasteiger partial charge is 0.458 e. The standard InChI is InChI=1S/C14H23IO2/c1-5-13(15,6-2)12(16)17-14(11(3)4)9-7-8-10-14/h5,11H,1,6-10H2,2-4H3. The SMILES string of the molecule is C=CC(I)(CC)C(=O)OC1(C(C)C)CCCC1. The van der Waals surface area contributed by atoms with Gasteiger partial charge in [-0.2, -0.15) is 0 Å². The van der Waals surface area contributed by atoms with Crippen molar-refractivity contribution >= 4 is 28.6 Å². The van der Waals surface area contributed by atoms with Gasteiger partial charge >= 0.3 is 5.97 Å². The van der Waals surface area contributed by atoms with Crippen LogP contribution in [-0.4, -0.2) is 15.0 Å². The lowest BCUT2D eigenvalue weighted by atomic mass is 9.88. The molecule has 1 rings (SSSR count). The van der Waals surface area contributed by atoms with E-state index in [0.717, 1.165) is 19.3 Å². The minimum absolute atomic E-state index is 0.119. The van der Waals surface area contributed by atoms with E-state index in [4.69, 9.17) is 4.74 Å². The first-order valence-electron chi connectivity index (χ1n) is 6.46. The zero-order valence-electron chi connectivity index (χ0n) is 11.1. The average Bonchev–Trinajstić information content (AvgIpc) is 2.77. The Bertz CT molecular complexity index is 293. The van der Waals surface area contributed by atoms with Crippen molar-refractivity contribution in [3.05, 3.63) is 12.7 Å². The number of esters is 1. The number of halogens is 1. The molecule has 1 aliphatic rings. The Morgan fingerprint density at radius 2 is 2.06 bits per heavy atom. The predicted molar refractivity (Wildman–Crippen MR) is 79.4 cm³/mol. The summed E-state index contributed by atoms with van der Waals surface area (Å²) in [6.07, 6.45) is 6.77. The van der Waals surface area contributed by atoms with Crippen LogP contribution < -0.4 is 0 Å². The van der Waals surface area contributed by atoms with Crippen molar-refractivity contribution in [1.29, 1.82) is 0 Å². The summed E-state index contributed by atoms with van der Waals surface area (Å²) in [5, 5.41) is 0. The molecule has 2 nitrogen and oxygen atoms in total. The molecule has 0 aliphatic heterocycles. The monoisotopic (exact) mass is 350 g/mol. The lowest BCUT2D eigenvalue weighted by Gasteiger charge is -2.36. The zero-order valence-corrected chi connectivity index (χ0v) is 13.2. The minimum atomic E-state index is -0.567. The third-order valence-electron chi connectivity index (χ3n) is 3.98. The van der Waals surface area contributed by atoms with Crippen LogP contribution in [0, 0.1) is 5.92 Å². The molecule has 0 saturated heterocycles. The summed E-state index contributed by atoms with van der Waals surface area (Å²) in [6.45, 7) is 10.0. The average molecular weight is 350 g/mol. The van der Waals surface area contributed by atoms with Crippen molar-refractivity contribution in [2.24, 2.45) is 5.92 Å². The summed E-state index contributed by atoms with van der Waals surface area (Å²) in [5.41, 5.74) is -0.230. The van der Waals surface area contributed by atoms with Crippen LogP contribution >= 0.6 is 22.6 Å². The van der Waals surface area contributed by atoms with Gasteiger partial charge in [0.05, 0.1) is 0 Å². The van der Waals surface area contributed by atoms with Gasteiger partial charge in [0, 0.05) is 0 Å². The fourth-order valence-electron chi connectivity index (χ4n) is 2.41. The molecular formula is C14H23IO2. The van der Waals surface area contributed by atoms with Gasteiger partial charge in [-0.25, -0.2) is 0 Å². The number of carbonyl (C=O) groups excluding carboxylic acids is 1. The van der Waals surface area contributed by atoms with Gasteiger partial charge in [0.15, 0.2) is 0 Å².